The number of hydrogen-bond acceptors (Lipinski definition) is 2. The molecule has 3 aromatic rings. The molecule has 1 N–H and O–H groups in total. The minimum Gasteiger partial charge on any atom is -0.496 e. The molecule has 0 fully saturated rings. The first-order valence-electron chi connectivity index (χ1n) is 7.85. The van der Waals surface area contributed by atoms with E-state index >= 15 is 0 Å². The Morgan fingerprint density at radius 1 is 1.12 bits per heavy atom. The molecule has 0 saturated heterocycles. The van der Waals surface area contributed by atoms with Gasteiger partial charge in [-0.25, -0.2) is 4.79 Å². The zero-order chi connectivity index (χ0) is 17.5. The van der Waals surface area contributed by atoms with E-state index in [1.807, 2.05) is 53.2 Å². The predicted molar refractivity (Wildman–Crippen MR) is 95.0 cm³/mol. The molecule has 2 aromatic heterocycles. The zero-order valence-corrected chi connectivity index (χ0v) is 14.3. The van der Waals surface area contributed by atoms with Crippen molar-refractivity contribution >= 4 is 11.5 Å². The number of carboxylic acids is 1. The molecule has 0 unspecified atom stereocenters. The molecule has 2 heterocycles. The van der Waals surface area contributed by atoms with Crippen molar-refractivity contribution < 1.29 is 14.6 Å². The van der Waals surface area contributed by atoms with Gasteiger partial charge in [0.1, 0.15) is 5.75 Å². The molecule has 0 spiro atoms. The maximum atomic E-state index is 11.9. The Labute approximate surface area is 141 Å². The van der Waals surface area contributed by atoms with E-state index < -0.39 is 5.97 Å². The third-order valence-corrected chi connectivity index (χ3v) is 4.25. The second-order valence-electron chi connectivity index (χ2n) is 6.88. The van der Waals surface area contributed by atoms with E-state index in [0.717, 1.165) is 11.1 Å². The van der Waals surface area contributed by atoms with Gasteiger partial charge in [-0.3, -0.25) is 0 Å². The van der Waals surface area contributed by atoms with Crippen molar-refractivity contribution in [1.82, 2.24) is 4.40 Å². The number of methoxy groups -OCH3 is 1. The fourth-order valence-corrected chi connectivity index (χ4v) is 2.94. The highest BCUT2D eigenvalue weighted by Crippen LogP contribution is 2.38. The van der Waals surface area contributed by atoms with Crippen molar-refractivity contribution in [3.8, 4) is 16.9 Å². The third-order valence-electron chi connectivity index (χ3n) is 4.25. The van der Waals surface area contributed by atoms with Crippen LogP contribution < -0.4 is 4.74 Å². The van der Waals surface area contributed by atoms with Crippen LogP contribution in [0.25, 0.3) is 16.6 Å². The van der Waals surface area contributed by atoms with Gasteiger partial charge in [-0.2, -0.15) is 0 Å². The molecule has 0 atom stereocenters. The van der Waals surface area contributed by atoms with E-state index in [2.05, 4.69) is 20.8 Å². The first-order chi connectivity index (χ1) is 11.3. The normalized spacial score (nSPS) is 11.7. The molecule has 0 radical (unpaired) electrons. The second-order valence-corrected chi connectivity index (χ2v) is 6.88. The van der Waals surface area contributed by atoms with Crippen LogP contribution in [-0.4, -0.2) is 22.6 Å². The molecular weight excluding hydrogens is 302 g/mol. The minimum absolute atomic E-state index is 0.0381. The summed E-state index contributed by atoms with van der Waals surface area (Å²) in [6.07, 6.45) is 3.70. The van der Waals surface area contributed by atoms with Crippen LogP contribution >= 0.6 is 0 Å². The van der Waals surface area contributed by atoms with Crippen molar-refractivity contribution in [3.63, 3.8) is 0 Å². The van der Waals surface area contributed by atoms with E-state index in [4.69, 9.17) is 4.74 Å². The summed E-state index contributed by atoms with van der Waals surface area (Å²) in [5, 5.41) is 9.75. The Kier molecular flexibility index (Phi) is 3.84. The second kappa shape index (κ2) is 5.71. The SMILES string of the molecule is COc1ccc(C(C)(C)C)cc1-c1cn2ccccc2c1C(=O)O. The topological polar surface area (TPSA) is 50.9 Å². The maximum absolute atomic E-state index is 11.9. The van der Waals surface area contributed by atoms with Gasteiger partial charge in [-0.15, -0.1) is 0 Å². The molecule has 3 rings (SSSR count). The Morgan fingerprint density at radius 2 is 1.88 bits per heavy atom. The van der Waals surface area contributed by atoms with E-state index in [0.29, 0.717) is 22.4 Å². The van der Waals surface area contributed by atoms with E-state index in [1.54, 1.807) is 7.11 Å². The minimum atomic E-state index is -0.943. The molecule has 4 nitrogen and oxygen atoms in total. The molecule has 0 aliphatic heterocycles. The van der Waals surface area contributed by atoms with Crippen LogP contribution in [-0.2, 0) is 5.41 Å². The summed E-state index contributed by atoms with van der Waals surface area (Å²) < 4.78 is 7.33. The van der Waals surface area contributed by atoms with Crippen LogP contribution in [0.4, 0.5) is 0 Å². The highest BCUT2D eigenvalue weighted by atomic mass is 16.5. The highest BCUT2D eigenvalue weighted by Gasteiger charge is 2.23. The first kappa shape index (κ1) is 16.1. The van der Waals surface area contributed by atoms with Crippen molar-refractivity contribution in [1.29, 1.82) is 0 Å². The number of aromatic carboxylic acids is 1. The number of hydrogen-bond donors (Lipinski definition) is 1. The number of carboxylic acid groups (broad SMARTS) is 1. The monoisotopic (exact) mass is 323 g/mol. The summed E-state index contributed by atoms with van der Waals surface area (Å²) >= 11 is 0. The molecule has 0 bridgehead atoms. The van der Waals surface area contributed by atoms with Gasteiger partial charge in [0.2, 0.25) is 0 Å². The average Bonchev–Trinajstić information content (AvgIpc) is 2.92. The highest BCUT2D eigenvalue weighted by molar-refractivity contribution is 6.04. The van der Waals surface area contributed by atoms with Crippen molar-refractivity contribution in [3.05, 3.63) is 59.9 Å². The van der Waals surface area contributed by atoms with Gasteiger partial charge < -0.3 is 14.2 Å². The van der Waals surface area contributed by atoms with Crippen molar-refractivity contribution in [2.24, 2.45) is 0 Å². The lowest BCUT2D eigenvalue weighted by atomic mass is 9.85. The number of pyridine rings is 1. The predicted octanol–water partition coefficient (Wildman–Crippen LogP) is 4.61. The molecule has 1 aromatic carbocycles. The number of benzene rings is 1. The molecule has 0 aliphatic carbocycles. The van der Waals surface area contributed by atoms with Gasteiger partial charge in [0.15, 0.2) is 0 Å². The van der Waals surface area contributed by atoms with Gasteiger partial charge in [-0.05, 0) is 35.2 Å². The first-order valence-corrected chi connectivity index (χ1v) is 7.85. The number of nitrogens with zero attached hydrogens (tertiary/aromatic N) is 1. The lowest BCUT2D eigenvalue weighted by Crippen LogP contribution is -2.11. The number of fused-ring (bicyclic) bond motifs is 1. The Bertz CT molecular complexity index is 916. The van der Waals surface area contributed by atoms with E-state index in [1.165, 1.54) is 0 Å². The Balaban J connectivity index is 2.34. The van der Waals surface area contributed by atoms with Crippen LogP contribution in [0.2, 0.25) is 0 Å². The molecule has 0 amide bonds. The average molecular weight is 323 g/mol. The van der Waals surface area contributed by atoms with Crippen LogP contribution in [0.3, 0.4) is 0 Å². The summed E-state index contributed by atoms with van der Waals surface area (Å²) in [7, 11) is 1.60. The van der Waals surface area contributed by atoms with Gasteiger partial charge in [-0.1, -0.05) is 32.9 Å². The van der Waals surface area contributed by atoms with E-state index in [-0.39, 0.29) is 5.41 Å². The quantitative estimate of drug-likeness (QED) is 0.765. The molecule has 24 heavy (non-hydrogen) atoms. The molecule has 0 aliphatic rings. The molecule has 124 valence electrons. The van der Waals surface area contributed by atoms with Crippen LogP contribution in [0.5, 0.6) is 5.75 Å². The standard InChI is InChI=1S/C20H21NO3/c1-20(2,3)13-8-9-17(24-4)14(11-13)15-12-21-10-6-5-7-16(21)18(15)19(22)23/h5-12H,1-4H3,(H,22,23). The lowest BCUT2D eigenvalue weighted by Gasteiger charge is -2.21. The van der Waals surface area contributed by atoms with Crippen molar-refractivity contribution in [2.75, 3.05) is 7.11 Å². The van der Waals surface area contributed by atoms with E-state index in [9.17, 15) is 9.90 Å². The summed E-state index contributed by atoms with van der Waals surface area (Å²) in [4.78, 5) is 11.9. The number of rotatable bonds is 3. The summed E-state index contributed by atoms with van der Waals surface area (Å²) in [6.45, 7) is 6.40. The lowest BCUT2D eigenvalue weighted by molar-refractivity contribution is 0.0700. The largest absolute Gasteiger partial charge is 0.496 e. The molecular formula is C20H21NO3. The van der Waals surface area contributed by atoms with Crippen LogP contribution in [0.1, 0.15) is 36.7 Å². The number of carbonyl (C=O) groups is 1. The maximum Gasteiger partial charge on any atom is 0.338 e. The third kappa shape index (κ3) is 2.64. The van der Waals surface area contributed by atoms with Gasteiger partial charge in [0.25, 0.3) is 0 Å². The zero-order valence-electron chi connectivity index (χ0n) is 14.3. The number of aromatic nitrogens is 1. The van der Waals surface area contributed by atoms with Gasteiger partial charge in [0, 0.05) is 23.5 Å². The number of ether oxygens (including phenoxy) is 1. The van der Waals surface area contributed by atoms with Crippen LogP contribution in [0.15, 0.2) is 48.8 Å². The van der Waals surface area contributed by atoms with Crippen LogP contribution in [0, 0.1) is 0 Å². The smallest absolute Gasteiger partial charge is 0.338 e. The Morgan fingerprint density at radius 3 is 2.50 bits per heavy atom. The summed E-state index contributed by atoms with van der Waals surface area (Å²) in [5.41, 5.74) is 3.51. The van der Waals surface area contributed by atoms with Gasteiger partial charge in [0.05, 0.1) is 18.2 Å². The van der Waals surface area contributed by atoms with Crippen molar-refractivity contribution in [2.45, 2.75) is 26.2 Å². The summed E-state index contributed by atoms with van der Waals surface area (Å²) in [5.74, 6) is -0.275. The fraction of sp³-hybridized carbons (Fsp3) is 0.250. The Hall–Kier alpha value is -2.75. The van der Waals surface area contributed by atoms with Gasteiger partial charge >= 0.3 is 5.97 Å². The molecule has 0 saturated carbocycles. The molecule has 4 heteroatoms. The fourth-order valence-electron chi connectivity index (χ4n) is 2.94. The summed E-state index contributed by atoms with van der Waals surface area (Å²) in [6, 6.07) is 11.5.